The molecule has 2 bridgehead atoms. The molecule has 0 heterocycles. The van der Waals surface area contributed by atoms with Crippen LogP contribution in [0.25, 0.3) is 0 Å². The van der Waals surface area contributed by atoms with Crippen LogP contribution in [0, 0.1) is 130 Å². The summed E-state index contributed by atoms with van der Waals surface area (Å²) in [5.41, 5.74) is 0. The van der Waals surface area contributed by atoms with Gasteiger partial charge in [0.1, 0.15) is 26.4 Å². The Hall–Kier alpha value is -4.76. The van der Waals surface area contributed by atoms with E-state index in [4.69, 9.17) is 37.9 Å². The van der Waals surface area contributed by atoms with Crippen molar-refractivity contribution >= 4 is 47.8 Å². The van der Waals surface area contributed by atoms with Crippen molar-refractivity contribution in [1.82, 2.24) is 0 Å². The first kappa shape index (κ1) is 102. The second-order valence-corrected chi connectivity index (χ2v) is 43.2. The van der Waals surface area contributed by atoms with Crippen molar-refractivity contribution in [3.63, 3.8) is 0 Å². The number of ether oxygens (including phenoxy) is 8. The Kier molecular flexibility index (Phi) is 48.2. The third-order valence-electron chi connectivity index (χ3n) is 34.1. The molecule has 16 nitrogen and oxygen atoms in total. The van der Waals surface area contributed by atoms with E-state index in [1.807, 2.05) is 0 Å². The fourth-order valence-corrected chi connectivity index (χ4v) is 26.9. The molecule has 0 N–H and O–H groups in total. The molecule has 0 radical (unpaired) electrons. The molecular formula is C109H180O16. The third-order valence-corrected chi connectivity index (χ3v) is 34.1. The second kappa shape index (κ2) is 58.9. The van der Waals surface area contributed by atoms with Crippen LogP contribution in [0.3, 0.4) is 0 Å². The lowest BCUT2D eigenvalue weighted by atomic mass is 9.61. The normalized spacial score (nSPS) is 30.9. The van der Waals surface area contributed by atoms with Gasteiger partial charge in [-0.2, -0.15) is 0 Å². The molecule has 0 aromatic heterocycles. The Balaban J connectivity index is 0.513. The number of rotatable bonds is 60. The van der Waals surface area contributed by atoms with Crippen LogP contribution in [0.2, 0.25) is 0 Å². The minimum absolute atomic E-state index is 0.00163. The molecule has 10 saturated carbocycles. The van der Waals surface area contributed by atoms with E-state index in [-0.39, 0.29) is 62.2 Å². The quantitative estimate of drug-likeness (QED) is 0.0240. The van der Waals surface area contributed by atoms with Crippen LogP contribution in [0.15, 0.2) is 25.3 Å². The molecule has 10 fully saturated rings. The summed E-state index contributed by atoms with van der Waals surface area (Å²) in [5, 5.41) is 0. The first-order chi connectivity index (χ1) is 61.0. The van der Waals surface area contributed by atoms with Crippen LogP contribution in [-0.2, 0) is 76.3 Å². The Morgan fingerprint density at radius 1 is 0.240 bits per heavy atom. The molecule has 0 amide bonds. The van der Waals surface area contributed by atoms with Gasteiger partial charge in [-0.25, -0.2) is 9.59 Å². The smallest absolute Gasteiger partial charge is 0.330 e. The fourth-order valence-electron chi connectivity index (χ4n) is 26.9. The highest BCUT2D eigenvalue weighted by atomic mass is 16.6. The summed E-state index contributed by atoms with van der Waals surface area (Å²) in [7, 11) is 0. The van der Waals surface area contributed by atoms with E-state index < -0.39 is 11.9 Å². The van der Waals surface area contributed by atoms with E-state index in [1.165, 1.54) is 270 Å². The number of esters is 8. The van der Waals surface area contributed by atoms with Crippen LogP contribution in [0.1, 0.15) is 431 Å². The monoisotopic (exact) mass is 1750 g/mol. The summed E-state index contributed by atoms with van der Waals surface area (Å²) in [6.07, 6.45) is 79.0. The van der Waals surface area contributed by atoms with Crippen molar-refractivity contribution in [3.05, 3.63) is 25.3 Å². The first-order valence-electron chi connectivity index (χ1n) is 53.6. The highest BCUT2D eigenvalue weighted by Crippen LogP contribution is 2.62. The summed E-state index contributed by atoms with van der Waals surface area (Å²) in [4.78, 5) is 99.9. The first-order valence-corrected chi connectivity index (χ1v) is 53.6. The topological polar surface area (TPSA) is 210 Å². The van der Waals surface area contributed by atoms with Gasteiger partial charge >= 0.3 is 47.8 Å². The largest absolute Gasteiger partial charge is 0.466 e. The van der Waals surface area contributed by atoms with Crippen molar-refractivity contribution in [2.45, 2.75) is 431 Å². The average molecular weight is 1750 g/mol. The van der Waals surface area contributed by atoms with Crippen LogP contribution in [0.4, 0.5) is 0 Å². The molecule has 125 heavy (non-hydrogen) atoms. The molecule has 0 aromatic rings. The van der Waals surface area contributed by atoms with Gasteiger partial charge in [0.15, 0.2) is 0 Å². The van der Waals surface area contributed by atoms with Crippen LogP contribution >= 0.6 is 0 Å². The van der Waals surface area contributed by atoms with E-state index in [0.29, 0.717) is 124 Å². The minimum atomic E-state index is -0.509. The summed E-state index contributed by atoms with van der Waals surface area (Å²) >= 11 is 0. The number of fused-ring (bicyclic) bond motifs is 5. The van der Waals surface area contributed by atoms with E-state index >= 15 is 0 Å². The number of hydrogen-bond donors (Lipinski definition) is 0. The molecule has 10 aliphatic carbocycles. The van der Waals surface area contributed by atoms with E-state index in [1.54, 1.807) is 0 Å². The number of unbranched alkanes of at least 4 members (excludes halogenated alkanes) is 18. The number of hydrogen-bond acceptors (Lipinski definition) is 16. The Labute approximate surface area is 759 Å². The predicted octanol–water partition coefficient (Wildman–Crippen LogP) is 26.8. The van der Waals surface area contributed by atoms with Crippen LogP contribution < -0.4 is 0 Å². The summed E-state index contributed by atoms with van der Waals surface area (Å²) in [5.74, 6) is 12.9. The van der Waals surface area contributed by atoms with Gasteiger partial charge in [-0.15, -0.1) is 0 Å². The molecule has 0 spiro atoms. The maximum atomic E-state index is 13.3. The van der Waals surface area contributed by atoms with E-state index in [2.05, 4.69) is 27.0 Å². The molecule has 712 valence electrons. The van der Waals surface area contributed by atoms with E-state index in [0.717, 1.165) is 192 Å². The third kappa shape index (κ3) is 38.5. The zero-order valence-electron chi connectivity index (χ0n) is 79.4. The minimum Gasteiger partial charge on any atom is -0.466 e. The summed E-state index contributed by atoms with van der Waals surface area (Å²) in [6.45, 7) is 14.0. The molecule has 10 aliphatic rings. The van der Waals surface area contributed by atoms with Gasteiger partial charge in [0, 0.05) is 50.7 Å². The lowest BCUT2D eigenvalue weighted by Gasteiger charge is -2.44. The second-order valence-electron chi connectivity index (χ2n) is 43.2. The molecule has 10 unspecified atom stereocenters. The SMILES string of the molecule is C=CC(=O)OCCOC(=O)CC1CCC(CC2CCC(CC(=O)OCCCCCCCCC3CCC(CCCCCC)C(CCCCCCCC)C3CCCCCCCCOC(=O)CC3CCC(CC4CCC(CC(=O)OCC5CC6C7CC(COC(=O)CC8CCC(CC9CCC(CC(=O)OCCOC(=O)C=C)CC9)CC8)C(C7)C6C5)CC4)CC3)CC2)CC1. The lowest BCUT2D eigenvalue weighted by Crippen LogP contribution is -2.35. The fraction of sp³-hybridized carbons (Fsp3) is 0.890. The van der Waals surface area contributed by atoms with Crippen molar-refractivity contribution in [1.29, 1.82) is 0 Å². The number of carbonyl (C=O) groups excluding carboxylic acids is 8. The Morgan fingerprint density at radius 2 is 0.512 bits per heavy atom. The standard InChI is InChI=1S/C109H180O16/c1-5-9-11-13-19-25-31-97-93(29-23-12-10-6-2)57-58-94(30-24-18-14-16-21-27-59-118-104(112)70-86-45-33-80(34-46-86)65-82-37-49-88(50-38-82)72-106(114)122-63-61-120-102(110)7-3)98(97)32-26-20-15-17-22-28-60-119-105(113)71-87-47-35-81(36-48-87)66-84-41-53-90(54-42-84)74-108(116)124-78-92-68-99-95-76-96(100(77-95)101(99)69-92)79-125-109(117)75-91-55-43-85(44-56-91)67-83-39-51-89(52-40-83)73-107(115)123-64-62-121-103(111)8-4/h7-8,80-101H,3-6,9-79H2,1-2H3. The zero-order chi connectivity index (χ0) is 88.0. The van der Waals surface area contributed by atoms with Gasteiger partial charge in [-0.1, -0.05) is 245 Å². The van der Waals surface area contributed by atoms with Gasteiger partial charge in [0.25, 0.3) is 0 Å². The predicted molar refractivity (Wildman–Crippen MR) is 496 cm³/mol. The lowest BCUT2D eigenvalue weighted by molar-refractivity contribution is -0.150. The van der Waals surface area contributed by atoms with Crippen LogP contribution in [-0.4, -0.2) is 101 Å². The molecule has 0 aliphatic heterocycles. The Bertz CT molecular complexity index is 3060. The van der Waals surface area contributed by atoms with Gasteiger partial charge in [0.05, 0.1) is 26.4 Å². The van der Waals surface area contributed by atoms with Crippen molar-refractivity contribution < 1.29 is 76.3 Å². The molecule has 10 atom stereocenters. The average Bonchev–Trinajstić information content (AvgIpc) is 1.58. The van der Waals surface area contributed by atoms with Crippen molar-refractivity contribution in [2.24, 2.45) is 130 Å². The summed E-state index contributed by atoms with van der Waals surface area (Å²) in [6, 6.07) is 0. The molecular weight excluding hydrogens is 1570 g/mol. The molecule has 16 heteroatoms. The van der Waals surface area contributed by atoms with Gasteiger partial charge in [-0.05, 0) is 291 Å². The van der Waals surface area contributed by atoms with Gasteiger partial charge < -0.3 is 37.9 Å². The number of carbonyl (C=O) groups is 8. The van der Waals surface area contributed by atoms with Gasteiger partial charge in [0.2, 0.25) is 0 Å². The van der Waals surface area contributed by atoms with Crippen molar-refractivity contribution in [3.8, 4) is 0 Å². The highest BCUT2D eigenvalue weighted by Gasteiger charge is 2.56. The molecule has 10 rings (SSSR count). The van der Waals surface area contributed by atoms with Crippen LogP contribution in [0.5, 0.6) is 0 Å². The highest BCUT2D eigenvalue weighted by molar-refractivity contribution is 5.81. The van der Waals surface area contributed by atoms with Crippen molar-refractivity contribution in [2.75, 3.05) is 52.9 Å². The Morgan fingerprint density at radius 3 is 0.856 bits per heavy atom. The molecule has 0 aromatic carbocycles. The van der Waals surface area contributed by atoms with Gasteiger partial charge in [-0.3, -0.25) is 28.8 Å². The van der Waals surface area contributed by atoms with E-state index in [9.17, 15) is 38.4 Å². The summed E-state index contributed by atoms with van der Waals surface area (Å²) < 4.78 is 44.3. The molecule has 0 saturated heterocycles. The zero-order valence-corrected chi connectivity index (χ0v) is 79.4. The maximum absolute atomic E-state index is 13.3. The maximum Gasteiger partial charge on any atom is 0.330 e.